The summed E-state index contributed by atoms with van der Waals surface area (Å²) in [7, 11) is 0. The van der Waals surface area contributed by atoms with Crippen LogP contribution in [0, 0.1) is 5.92 Å². The average molecular weight is 603 g/mol. The molecule has 6 N–H and O–H groups in total. The molecular weight excluding hydrogens is 556 g/mol. The lowest BCUT2D eigenvalue weighted by Gasteiger charge is -2.28. The van der Waals surface area contributed by atoms with Gasteiger partial charge in [0, 0.05) is 12.6 Å². The first kappa shape index (κ1) is 33.8. The van der Waals surface area contributed by atoms with Gasteiger partial charge in [-0.1, -0.05) is 32.9 Å². The molecule has 0 bridgehead atoms. The zero-order chi connectivity index (χ0) is 31.7. The summed E-state index contributed by atoms with van der Waals surface area (Å²) in [6, 6.07) is 2.48. The van der Waals surface area contributed by atoms with Crippen LogP contribution < -0.4 is 31.3 Å². The second kappa shape index (κ2) is 15.7. The number of rotatable bonds is 6. The van der Waals surface area contributed by atoms with Crippen LogP contribution in [-0.2, 0) is 19.2 Å². The number of benzene rings is 1. The fraction of sp³-hybridized carbons (Fsp3) is 0.633. The molecule has 6 atom stereocenters. The summed E-state index contributed by atoms with van der Waals surface area (Å²) >= 11 is 0. The van der Waals surface area contributed by atoms with Gasteiger partial charge in [-0.25, -0.2) is 0 Å². The van der Waals surface area contributed by atoms with Crippen LogP contribution in [0.2, 0.25) is 0 Å². The lowest BCUT2D eigenvalue weighted by molar-refractivity contribution is -0.135. The van der Waals surface area contributed by atoms with Crippen LogP contribution in [0.15, 0.2) is 24.3 Å². The molecule has 5 amide bonds. The zero-order valence-corrected chi connectivity index (χ0v) is 25.6. The highest BCUT2D eigenvalue weighted by Crippen LogP contribution is 2.19. The summed E-state index contributed by atoms with van der Waals surface area (Å²) in [5.74, 6) is -3.24. The van der Waals surface area contributed by atoms with Crippen molar-refractivity contribution in [3.05, 3.63) is 29.8 Å². The number of ether oxygens (including phenoxy) is 1. The molecule has 43 heavy (non-hydrogen) atoms. The first-order valence-corrected chi connectivity index (χ1v) is 15.0. The summed E-state index contributed by atoms with van der Waals surface area (Å²) < 4.78 is 5.88. The Morgan fingerprint density at radius 3 is 2.42 bits per heavy atom. The van der Waals surface area contributed by atoms with Gasteiger partial charge in [0.1, 0.15) is 30.5 Å². The van der Waals surface area contributed by atoms with Crippen molar-refractivity contribution in [2.24, 2.45) is 5.92 Å². The monoisotopic (exact) mass is 602 g/mol. The fourth-order valence-electron chi connectivity index (χ4n) is 5.30. The predicted octanol–water partition coefficient (Wildman–Crippen LogP) is -0.321. The highest BCUT2D eigenvalue weighted by molar-refractivity contribution is 6.01. The number of aliphatic hydroxyl groups excluding tert-OH is 1. The normalized spacial score (nSPS) is 27.1. The van der Waals surface area contributed by atoms with Crippen molar-refractivity contribution in [1.29, 1.82) is 0 Å². The van der Waals surface area contributed by atoms with E-state index in [1.54, 1.807) is 39.0 Å². The first-order valence-electron chi connectivity index (χ1n) is 15.0. The van der Waals surface area contributed by atoms with Crippen LogP contribution in [0.5, 0.6) is 5.75 Å². The number of carbonyl (C=O) groups excluding carboxylic acids is 5. The average Bonchev–Trinajstić information content (AvgIpc) is 3.42. The minimum Gasteiger partial charge on any atom is -0.491 e. The molecule has 0 unspecified atom stereocenters. The van der Waals surface area contributed by atoms with Gasteiger partial charge in [-0.15, -0.1) is 0 Å². The summed E-state index contributed by atoms with van der Waals surface area (Å²) in [5.41, 5.74) is 0.148. The number of aliphatic hydroxyl groups is 1. The molecule has 13 nitrogen and oxygen atoms in total. The van der Waals surface area contributed by atoms with E-state index < -0.39 is 66.2 Å². The van der Waals surface area contributed by atoms with Gasteiger partial charge in [0.15, 0.2) is 0 Å². The molecule has 2 aliphatic heterocycles. The third kappa shape index (κ3) is 9.39. The molecule has 1 saturated heterocycles. The maximum Gasteiger partial charge on any atom is 0.255 e. The molecule has 1 aromatic rings. The lowest BCUT2D eigenvalue weighted by Crippen LogP contribution is -2.59. The van der Waals surface area contributed by atoms with E-state index in [4.69, 9.17) is 4.74 Å². The van der Waals surface area contributed by atoms with Crippen LogP contribution in [0.3, 0.4) is 0 Å². The molecule has 0 aliphatic carbocycles. The van der Waals surface area contributed by atoms with Gasteiger partial charge >= 0.3 is 0 Å². The standard InChI is InChI=1S/C30H46N6O7/c1-6-36-13-9-10-20(36)15-31-28(40)22-14-24(38)34-26(19(5)37)30(42)35-25(17(2)3)29(41)32-18(4)16-43-23-12-8-7-11-21(23)27(39)33-22/h7-8,11-12,17-20,22,25-26,37H,6,9-10,13-16H2,1-5H3,(H,31,40)(H,32,41)(H,33,39)(H,34,38)(H,35,42)/t18-,19+,20-,22-,25+,26-/m0/s1. The molecule has 238 valence electrons. The van der Waals surface area contributed by atoms with Crippen molar-refractivity contribution in [1.82, 2.24) is 31.5 Å². The number of amides is 5. The van der Waals surface area contributed by atoms with E-state index in [9.17, 15) is 29.1 Å². The first-order chi connectivity index (χ1) is 20.4. The van der Waals surface area contributed by atoms with Crippen molar-refractivity contribution in [3.63, 3.8) is 0 Å². The lowest BCUT2D eigenvalue weighted by atomic mass is 10.0. The smallest absolute Gasteiger partial charge is 0.255 e. The Bertz CT molecular complexity index is 1160. The molecule has 0 aromatic heterocycles. The van der Waals surface area contributed by atoms with Crippen molar-refractivity contribution >= 4 is 29.5 Å². The topological polar surface area (TPSA) is 178 Å². The summed E-state index contributed by atoms with van der Waals surface area (Å²) in [4.78, 5) is 68.5. The van der Waals surface area contributed by atoms with Crippen molar-refractivity contribution in [2.45, 2.75) is 90.2 Å². The third-order valence-corrected chi connectivity index (χ3v) is 7.77. The number of hydrogen-bond donors (Lipinski definition) is 6. The van der Waals surface area contributed by atoms with E-state index in [0.717, 1.165) is 25.9 Å². The van der Waals surface area contributed by atoms with Gasteiger partial charge in [0.2, 0.25) is 23.6 Å². The fourth-order valence-corrected chi connectivity index (χ4v) is 5.30. The quantitative estimate of drug-likeness (QED) is 0.257. The Hall–Kier alpha value is -3.71. The van der Waals surface area contributed by atoms with Crippen molar-refractivity contribution in [2.75, 3.05) is 26.2 Å². The van der Waals surface area contributed by atoms with Gasteiger partial charge in [0.25, 0.3) is 5.91 Å². The van der Waals surface area contributed by atoms with E-state index in [-0.39, 0.29) is 29.9 Å². The van der Waals surface area contributed by atoms with Crippen molar-refractivity contribution in [3.8, 4) is 5.75 Å². The van der Waals surface area contributed by atoms with Gasteiger partial charge in [-0.05, 0) is 57.8 Å². The zero-order valence-electron chi connectivity index (χ0n) is 25.6. The summed E-state index contributed by atoms with van der Waals surface area (Å²) in [6.45, 7) is 10.8. The number of nitrogens with one attached hydrogen (secondary N) is 5. The van der Waals surface area contributed by atoms with E-state index in [2.05, 4.69) is 38.4 Å². The minimum absolute atomic E-state index is 0.0182. The Labute approximate surface area is 252 Å². The number of likely N-dealkylation sites (N-methyl/N-ethyl adjacent to an activating group) is 1. The minimum atomic E-state index is -1.41. The van der Waals surface area contributed by atoms with Crippen LogP contribution in [0.25, 0.3) is 0 Å². The Balaban J connectivity index is 1.91. The molecule has 13 heteroatoms. The third-order valence-electron chi connectivity index (χ3n) is 7.77. The molecule has 0 saturated carbocycles. The SMILES string of the molecule is CCN1CCC[C@H]1CNC(=O)[C@@H]1CC(=O)N[C@@H]([C@@H](C)O)C(=O)N[C@H](C(C)C)C(=O)N[C@@H](C)COc2ccccc2C(=O)N1. The number of para-hydroxylation sites is 1. The molecule has 1 fully saturated rings. The van der Waals surface area contributed by atoms with E-state index in [1.165, 1.54) is 13.0 Å². The molecular formula is C30H46N6O7. The highest BCUT2D eigenvalue weighted by Gasteiger charge is 2.34. The Morgan fingerprint density at radius 1 is 1.05 bits per heavy atom. The molecule has 3 rings (SSSR count). The Morgan fingerprint density at radius 2 is 1.74 bits per heavy atom. The summed E-state index contributed by atoms with van der Waals surface area (Å²) in [5, 5.41) is 23.8. The van der Waals surface area contributed by atoms with E-state index >= 15 is 0 Å². The maximum atomic E-state index is 13.4. The molecule has 0 spiro atoms. The van der Waals surface area contributed by atoms with E-state index in [0.29, 0.717) is 6.54 Å². The van der Waals surface area contributed by atoms with Gasteiger partial charge in [-0.2, -0.15) is 0 Å². The Kier molecular flexibility index (Phi) is 12.3. The highest BCUT2D eigenvalue weighted by atomic mass is 16.5. The number of fused-ring (bicyclic) bond motifs is 1. The van der Waals surface area contributed by atoms with Crippen LogP contribution in [0.4, 0.5) is 0 Å². The van der Waals surface area contributed by atoms with Crippen LogP contribution in [-0.4, -0.2) is 102 Å². The van der Waals surface area contributed by atoms with E-state index in [1.807, 2.05) is 0 Å². The number of carbonyl (C=O) groups is 5. The summed E-state index contributed by atoms with van der Waals surface area (Å²) in [6.07, 6.45) is 0.137. The van der Waals surface area contributed by atoms with Crippen LogP contribution in [0.1, 0.15) is 64.2 Å². The van der Waals surface area contributed by atoms with Gasteiger partial charge in [-0.3, -0.25) is 28.9 Å². The number of nitrogens with zero attached hydrogens (tertiary/aromatic N) is 1. The second-order valence-electron chi connectivity index (χ2n) is 11.6. The van der Waals surface area contributed by atoms with Crippen LogP contribution >= 0.6 is 0 Å². The number of likely N-dealkylation sites (tertiary alicyclic amines) is 1. The molecule has 1 aromatic carbocycles. The second-order valence-corrected chi connectivity index (χ2v) is 11.6. The molecule has 2 aliphatic rings. The number of hydrogen-bond acceptors (Lipinski definition) is 8. The van der Waals surface area contributed by atoms with Gasteiger partial charge < -0.3 is 36.4 Å². The van der Waals surface area contributed by atoms with Gasteiger partial charge in [0.05, 0.1) is 24.1 Å². The molecule has 2 heterocycles. The molecule has 0 radical (unpaired) electrons. The predicted molar refractivity (Wildman–Crippen MR) is 159 cm³/mol. The maximum absolute atomic E-state index is 13.4. The largest absolute Gasteiger partial charge is 0.491 e. The van der Waals surface area contributed by atoms with Crippen molar-refractivity contribution < 1.29 is 33.8 Å².